The number of nitrogens with one attached hydrogen (secondary N) is 1. The first-order chi connectivity index (χ1) is 10.2. The molecule has 0 heterocycles. The minimum atomic E-state index is 0.0912. The van der Waals surface area contributed by atoms with E-state index in [1.54, 1.807) is 13.3 Å². The predicted molar refractivity (Wildman–Crippen MR) is 86.4 cm³/mol. The van der Waals surface area contributed by atoms with Crippen molar-refractivity contribution in [3.63, 3.8) is 0 Å². The maximum atomic E-state index is 5.73. The van der Waals surface area contributed by atoms with Crippen molar-refractivity contribution in [2.24, 2.45) is 5.10 Å². The summed E-state index contributed by atoms with van der Waals surface area (Å²) in [6.07, 6.45) is 1.84. The third-order valence-electron chi connectivity index (χ3n) is 2.73. The summed E-state index contributed by atoms with van der Waals surface area (Å²) >= 11 is 0. The highest BCUT2D eigenvalue weighted by atomic mass is 16.5. The van der Waals surface area contributed by atoms with Crippen LogP contribution in [0, 0.1) is 0 Å². The fourth-order valence-electron chi connectivity index (χ4n) is 1.81. The van der Waals surface area contributed by atoms with Gasteiger partial charge in [0.05, 0.1) is 25.1 Å². The Morgan fingerprint density at radius 1 is 1.05 bits per heavy atom. The van der Waals surface area contributed by atoms with Crippen molar-refractivity contribution in [3.05, 3.63) is 54.1 Å². The van der Waals surface area contributed by atoms with Crippen molar-refractivity contribution in [2.75, 3.05) is 12.5 Å². The SMILES string of the molecule is COc1ccc(/C=N/Nc2ccccc2)cc1OC(C)C. The molecule has 0 atom stereocenters. The zero-order valence-corrected chi connectivity index (χ0v) is 12.5. The summed E-state index contributed by atoms with van der Waals surface area (Å²) in [7, 11) is 1.63. The number of ether oxygens (including phenoxy) is 2. The van der Waals surface area contributed by atoms with Gasteiger partial charge >= 0.3 is 0 Å². The normalized spacial score (nSPS) is 10.9. The van der Waals surface area contributed by atoms with Crippen LogP contribution in [0.1, 0.15) is 19.4 Å². The molecule has 0 spiro atoms. The Kier molecular flexibility index (Phi) is 5.21. The smallest absolute Gasteiger partial charge is 0.162 e. The van der Waals surface area contributed by atoms with Crippen LogP contribution in [0.5, 0.6) is 11.5 Å². The van der Waals surface area contributed by atoms with Crippen molar-refractivity contribution in [1.82, 2.24) is 0 Å². The van der Waals surface area contributed by atoms with E-state index < -0.39 is 0 Å². The van der Waals surface area contributed by atoms with Gasteiger partial charge in [-0.1, -0.05) is 18.2 Å². The lowest BCUT2D eigenvalue weighted by Crippen LogP contribution is -2.07. The molecule has 0 saturated heterocycles. The van der Waals surface area contributed by atoms with Crippen molar-refractivity contribution in [1.29, 1.82) is 0 Å². The Morgan fingerprint density at radius 3 is 2.48 bits per heavy atom. The molecule has 0 aliphatic carbocycles. The lowest BCUT2D eigenvalue weighted by atomic mass is 10.2. The molecule has 0 radical (unpaired) electrons. The Morgan fingerprint density at radius 2 is 1.81 bits per heavy atom. The molecule has 2 aromatic carbocycles. The summed E-state index contributed by atoms with van der Waals surface area (Å²) in [6.45, 7) is 3.97. The number of anilines is 1. The third-order valence-corrected chi connectivity index (χ3v) is 2.73. The molecule has 0 unspecified atom stereocenters. The molecule has 0 aliphatic heterocycles. The number of methoxy groups -OCH3 is 1. The van der Waals surface area contributed by atoms with Gasteiger partial charge in [-0.15, -0.1) is 0 Å². The first-order valence-electron chi connectivity index (χ1n) is 6.88. The highest BCUT2D eigenvalue weighted by molar-refractivity contribution is 5.81. The largest absolute Gasteiger partial charge is 0.493 e. The van der Waals surface area contributed by atoms with Gasteiger partial charge in [0.2, 0.25) is 0 Å². The molecule has 0 aliphatic rings. The van der Waals surface area contributed by atoms with E-state index in [2.05, 4.69) is 10.5 Å². The number of hydrogen-bond donors (Lipinski definition) is 1. The fourth-order valence-corrected chi connectivity index (χ4v) is 1.81. The van der Waals surface area contributed by atoms with Crippen LogP contribution < -0.4 is 14.9 Å². The molecular formula is C17H20N2O2. The van der Waals surface area contributed by atoms with Crippen molar-refractivity contribution < 1.29 is 9.47 Å². The first-order valence-corrected chi connectivity index (χ1v) is 6.88. The topological polar surface area (TPSA) is 42.8 Å². The maximum absolute atomic E-state index is 5.73. The van der Waals surface area contributed by atoms with E-state index in [9.17, 15) is 0 Å². The average molecular weight is 284 g/mol. The van der Waals surface area contributed by atoms with E-state index in [0.29, 0.717) is 0 Å². The Bertz CT molecular complexity index is 595. The van der Waals surface area contributed by atoms with Crippen molar-refractivity contribution in [3.8, 4) is 11.5 Å². The van der Waals surface area contributed by atoms with Gasteiger partial charge < -0.3 is 9.47 Å². The lowest BCUT2D eigenvalue weighted by Gasteiger charge is -2.13. The van der Waals surface area contributed by atoms with Crippen LogP contribution in [0.4, 0.5) is 5.69 Å². The maximum Gasteiger partial charge on any atom is 0.162 e. The van der Waals surface area contributed by atoms with E-state index in [-0.39, 0.29) is 6.10 Å². The number of benzene rings is 2. The number of para-hydroxylation sites is 1. The molecule has 0 fully saturated rings. The minimum Gasteiger partial charge on any atom is -0.493 e. The summed E-state index contributed by atoms with van der Waals surface area (Å²) < 4.78 is 11.0. The molecule has 2 rings (SSSR count). The number of hydrazone groups is 1. The number of hydrogen-bond acceptors (Lipinski definition) is 4. The highest BCUT2D eigenvalue weighted by Crippen LogP contribution is 2.28. The fraction of sp³-hybridized carbons (Fsp3) is 0.235. The van der Waals surface area contributed by atoms with Crippen LogP contribution >= 0.6 is 0 Å². The molecule has 2 aromatic rings. The van der Waals surface area contributed by atoms with Gasteiger partial charge in [0.1, 0.15) is 0 Å². The van der Waals surface area contributed by atoms with Crippen LogP contribution in [0.2, 0.25) is 0 Å². The summed E-state index contributed by atoms with van der Waals surface area (Å²) in [5.41, 5.74) is 4.86. The first kappa shape index (κ1) is 14.9. The van der Waals surface area contributed by atoms with Gasteiger partial charge in [-0.25, -0.2) is 0 Å². The number of nitrogens with zero attached hydrogens (tertiary/aromatic N) is 1. The Labute approximate surface area is 125 Å². The standard InChI is InChI=1S/C17H20N2O2/c1-13(2)21-17-11-14(9-10-16(17)20-3)12-18-19-15-7-5-4-6-8-15/h4-13,19H,1-3H3/b18-12+. The second kappa shape index (κ2) is 7.33. The van der Waals surface area contributed by atoms with Crippen LogP contribution in [-0.4, -0.2) is 19.4 Å². The quantitative estimate of drug-likeness (QED) is 0.645. The minimum absolute atomic E-state index is 0.0912. The van der Waals surface area contributed by atoms with E-state index in [4.69, 9.17) is 9.47 Å². The zero-order chi connectivity index (χ0) is 15.1. The predicted octanol–water partition coefficient (Wildman–Crippen LogP) is 3.93. The molecule has 110 valence electrons. The molecule has 0 amide bonds. The average Bonchev–Trinajstić information content (AvgIpc) is 2.48. The van der Waals surface area contributed by atoms with Crippen molar-refractivity contribution in [2.45, 2.75) is 20.0 Å². The van der Waals surface area contributed by atoms with E-state index in [0.717, 1.165) is 22.7 Å². The molecule has 4 heteroatoms. The van der Waals surface area contributed by atoms with Gasteiger partial charge in [-0.2, -0.15) is 5.10 Å². The van der Waals surface area contributed by atoms with Crippen LogP contribution in [0.15, 0.2) is 53.6 Å². The molecular weight excluding hydrogens is 264 g/mol. The molecule has 0 bridgehead atoms. The van der Waals surface area contributed by atoms with E-state index in [1.807, 2.05) is 62.4 Å². The van der Waals surface area contributed by atoms with E-state index >= 15 is 0 Å². The second-order valence-corrected chi connectivity index (χ2v) is 4.81. The highest BCUT2D eigenvalue weighted by Gasteiger charge is 2.06. The van der Waals surface area contributed by atoms with Gasteiger partial charge in [0.25, 0.3) is 0 Å². The molecule has 0 saturated carbocycles. The van der Waals surface area contributed by atoms with Crippen LogP contribution in [-0.2, 0) is 0 Å². The van der Waals surface area contributed by atoms with Gasteiger partial charge in [0, 0.05) is 0 Å². The second-order valence-electron chi connectivity index (χ2n) is 4.81. The van der Waals surface area contributed by atoms with Crippen LogP contribution in [0.25, 0.3) is 0 Å². The number of rotatable bonds is 6. The molecule has 0 aromatic heterocycles. The molecule has 1 N–H and O–H groups in total. The Balaban J connectivity index is 2.09. The molecule has 21 heavy (non-hydrogen) atoms. The van der Waals surface area contributed by atoms with Gasteiger partial charge in [0.15, 0.2) is 11.5 Å². The van der Waals surface area contributed by atoms with Gasteiger partial charge in [-0.3, -0.25) is 5.43 Å². The van der Waals surface area contributed by atoms with Gasteiger partial charge in [-0.05, 0) is 49.7 Å². The lowest BCUT2D eigenvalue weighted by molar-refractivity contribution is 0.230. The zero-order valence-electron chi connectivity index (χ0n) is 12.5. The monoisotopic (exact) mass is 284 g/mol. The summed E-state index contributed by atoms with van der Waals surface area (Å²) in [5, 5.41) is 4.22. The molecule has 4 nitrogen and oxygen atoms in total. The summed E-state index contributed by atoms with van der Waals surface area (Å²) in [4.78, 5) is 0. The van der Waals surface area contributed by atoms with E-state index in [1.165, 1.54) is 0 Å². The van der Waals surface area contributed by atoms with Crippen LogP contribution in [0.3, 0.4) is 0 Å². The Hall–Kier alpha value is -2.49. The third kappa shape index (κ3) is 4.53. The van der Waals surface area contributed by atoms with Crippen molar-refractivity contribution >= 4 is 11.9 Å². The summed E-state index contributed by atoms with van der Waals surface area (Å²) in [5.74, 6) is 1.44. The summed E-state index contributed by atoms with van der Waals surface area (Å²) in [6, 6.07) is 15.5.